The zero-order valence-corrected chi connectivity index (χ0v) is 8.79. The van der Waals surface area contributed by atoms with Crippen molar-refractivity contribution < 1.29 is 4.79 Å². The van der Waals surface area contributed by atoms with E-state index in [1.807, 2.05) is 20.9 Å². The van der Waals surface area contributed by atoms with E-state index in [0.29, 0.717) is 6.54 Å². The highest BCUT2D eigenvalue weighted by atomic mass is 16.1. The van der Waals surface area contributed by atoms with Gasteiger partial charge in [-0.2, -0.15) is 5.10 Å². The van der Waals surface area contributed by atoms with Crippen LogP contribution in [0.1, 0.15) is 17.0 Å². The van der Waals surface area contributed by atoms with Gasteiger partial charge in [-0.3, -0.25) is 9.48 Å². The summed E-state index contributed by atoms with van der Waals surface area (Å²) in [5, 5.41) is 6.97. The van der Waals surface area contributed by atoms with E-state index >= 15 is 0 Å². The quantitative estimate of drug-likeness (QED) is 0.691. The van der Waals surface area contributed by atoms with Crippen LogP contribution in [0, 0.1) is 13.8 Å². The SMILES string of the molecule is Cc1nn(C)c(C)c1CNC(=O)CN. The van der Waals surface area contributed by atoms with Gasteiger partial charge in [0.2, 0.25) is 5.91 Å². The Kier molecular flexibility index (Phi) is 3.24. The van der Waals surface area contributed by atoms with Crippen molar-refractivity contribution in [1.29, 1.82) is 0 Å². The van der Waals surface area contributed by atoms with Gasteiger partial charge in [0, 0.05) is 24.8 Å². The lowest BCUT2D eigenvalue weighted by Gasteiger charge is -2.03. The smallest absolute Gasteiger partial charge is 0.234 e. The summed E-state index contributed by atoms with van der Waals surface area (Å²) in [4.78, 5) is 11.0. The molecule has 3 N–H and O–H groups in total. The number of hydrogen-bond acceptors (Lipinski definition) is 3. The summed E-state index contributed by atoms with van der Waals surface area (Å²) in [6.07, 6.45) is 0. The minimum atomic E-state index is -0.146. The first-order valence-electron chi connectivity index (χ1n) is 4.52. The molecule has 0 saturated carbocycles. The second kappa shape index (κ2) is 4.23. The van der Waals surface area contributed by atoms with E-state index in [0.717, 1.165) is 17.0 Å². The molecule has 0 unspecified atom stereocenters. The molecule has 0 fully saturated rings. The van der Waals surface area contributed by atoms with Crippen molar-refractivity contribution in [2.45, 2.75) is 20.4 Å². The van der Waals surface area contributed by atoms with Gasteiger partial charge in [0.05, 0.1) is 12.2 Å². The van der Waals surface area contributed by atoms with Gasteiger partial charge >= 0.3 is 0 Å². The Balaban J connectivity index is 2.71. The summed E-state index contributed by atoms with van der Waals surface area (Å²) in [6.45, 7) is 4.43. The summed E-state index contributed by atoms with van der Waals surface area (Å²) in [7, 11) is 1.89. The molecule has 1 aromatic heterocycles. The molecular weight excluding hydrogens is 180 g/mol. The maximum atomic E-state index is 11.0. The molecule has 0 aliphatic carbocycles. The molecule has 1 amide bonds. The van der Waals surface area contributed by atoms with Crippen LogP contribution in [0.5, 0.6) is 0 Å². The standard InChI is InChI=1S/C9H16N4O/c1-6-8(5-11-9(14)4-10)7(2)13(3)12-6/h4-5,10H2,1-3H3,(H,11,14). The highest BCUT2D eigenvalue weighted by Crippen LogP contribution is 2.10. The number of aromatic nitrogens is 2. The lowest BCUT2D eigenvalue weighted by Crippen LogP contribution is -2.30. The van der Waals surface area contributed by atoms with Gasteiger partial charge in [-0.15, -0.1) is 0 Å². The van der Waals surface area contributed by atoms with Gasteiger partial charge in [0.25, 0.3) is 0 Å². The molecule has 0 saturated heterocycles. The number of nitrogens with one attached hydrogen (secondary N) is 1. The lowest BCUT2D eigenvalue weighted by molar-refractivity contribution is -0.119. The second-order valence-corrected chi connectivity index (χ2v) is 3.25. The Hall–Kier alpha value is -1.36. The minimum absolute atomic E-state index is 0.0261. The predicted molar refractivity (Wildman–Crippen MR) is 53.6 cm³/mol. The first-order chi connectivity index (χ1) is 6.56. The molecule has 1 heterocycles. The van der Waals surface area contributed by atoms with Crippen molar-refractivity contribution in [1.82, 2.24) is 15.1 Å². The molecule has 0 radical (unpaired) electrons. The van der Waals surface area contributed by atoms with Crippen molar-refractivity contribution >= 4 is 5.91 Å². The van der Waals surface area contributed by atoms with E-state index in [1.165, 1.54) is 0 Å². The molecule has 0 spiro atoms. The van der Waals surface area contributed by atoms with Crippen LogP contribution in [0.4, 0.5) is 0 Å². The maximum Gasteiger partial charge on any atom is 0.234 e. The van der Waals surface area contributed by atoms with E-state index in [1.54, 1.807) is 4.68 Å². The number of carbonyl (C=O) groups is 1. The number of aryl methyl sites for hydroxylation is 2. The van der Waals surface area contributed by atoms with Crippen LogP contribution in [0.2, 0.25) is 0 Å². The molecule has 14 heavy (non-hydrogen) atoms. The van der Waals surface area contributed by atoms with Crippen LogP contribution >= 0.6 is 0 Å². The van der Waals surface area contributed by atoms with Crippen molar-refractivity contribution in [2.24, 2.45) is 12.8 Å². The summed E-state index contributed by atoms with van der Waals surface area (Å²) in [5.74, 6) is -0.146. The predicted octanol–water partition coefficient (Wildman–Crippen LogP) is -0.388. The van der Waals surface area contributed by atoms with Crippen LogP contribution in [-0.4, -0.2) is 22.2 Å². The minimum Gasteiger partial charge on any atom is -0.351 e. The zero-order chi connectivity index (χ0) is 10.7. The molecule has 0 aromatic carbocycles. The molecule has 5 nitrogen and oxygen atoms in total. The van der Waals surface area contributed by atoms with Crippen LogP contribution in [0.3, 0.4) is 0 Å². The van der Waals surface area contributed by atoms with Gasteiger partial charge in [-0.25, -0.2) is 0 Å². The van der Waals surface area contributed by atoms with Crippen molar-refractivity contribution in [3.63, 3.8) is 0 Å². The molecular formula is C9H16N4O. The van der Waals surface area contributed by atoms with Gasteiger partial charge < -0.3 is 11.1 Å². The van der Waals surface area contributed by atoms with Crippen molar-refractivity contribution in [2.75, 3.05) is 6.54 Å². The molecule has 0 aliphatic heterocycles. The molecule has 0 aliphatic rings. The maximum absolute atomic E-state index is 11.0. The Morgan fingerprint density at radius 2 is 2.21 bits per heavy atom. The number of carbonyl (C=O) groups excluding carboxylic acids is 1. The Bertz CT molecular complexity index is 343. The molecule has 1 rings (SSSR count). The van der Waals surface area contributed by atoms with Crippen LogP contribution in [0.25, 0.3) is 0 Å². The first-order valence-corrected chi connectivity index (χ1v) is 4.52. The summed E-state index contributed by atoms with van der Waals surface area (Å²) >= 11 is 0. The fourth-order valence-electron chi connectivity index (χ4n) is 1.33. The third-order valence-corrected chi connectivity index (χ3v) is 2.31. The van der Waals surface area contributed by atoms with E-state index in [4.69, 9.17) is 5.73 Å². The lowest BCUT2D eigenvalue weighted by atomic mass is 10.2. The van der Waals surface area contributed by atoms with Crippen molar-refractivity contribution in [3.8, 4) is 0 Å². The third kappa shape index (κ3) is 2.11. The molecule has 0 atom stereocenters. The second-order valence-electron chi connectivity index (χ2n) is 3.25. The van der Waals surface area contributed by atoms with Crippen LogP contribution in [0.15, 0.2) is 0 Å². The number of hydrogen-bond donors (Lipinski definition) is 2. The third-order valence-electron chi connectivity index (χ3n) is 2.31. The summed E-state index contributed by atoms with van der Waals surface area (Å²) < 4.78 is 1.80. The normalized spacial score (nSPS) is 10.3. The van der Waals surface area contributed by atoms with Crippen molar-refractivity contribution in [3.05, 3.63) is 17.0 Å². The van der Waals surface area contributed by atoms with E-state index in [-0.39, 0.29) is 12.5 Å². The van der Waals surface area contributed by atoms with E-state index in [9.17, 15) is 4.79 Å². The topological polar surface area (TPSA) is 72.9 Å². The molecule has 5 heteroatoms. The highest BCUT2D eigenvalue weighted by Gasteiger charge is 2.09. The number of nitrogens with zero attached hydrogens (tertiary/aromatic N) is 2. The Labute approximate surface area is 83.3 Å². The molecule has 1 aromatic rings. The number of rotatable bonds is 3. The highest BCUT2D eigenvalue weighted by molar-refractivity contribution is 5.77. The molecule has 0 bridgehead atoms. The average Bonchev–Trinajstić information content (AvgIpc) is 2.39. The average molecular weight is 196 g/mol. The van der Waals surface area contributed by atoms with E-state index in [2.05, 4.69) is 10.4 Å². The fourth-order valence-corrected chi connectivity index (χ4v) is 1.33. The van der Waals surface area contributed by atoms with Gasteiger partial charge in [0.15, 0.2) is 0 Å². The van der Waals surface area contributed by atoms with Crippen LogP contribution in [-0.2, 0) is 18.4 Å². The summed E-state index contributed by atoms with van der Waals surface area (Å²) in [6, 6.07) is 0. The van der Waals surface area contributed by atoms with Crippen LogP contribution < -0.4 is 11.1 Å². The van der Waals surface area contributed by atoms with Gasteiger partial charge in [-0.1, -0.05) is 0 Å². The first kappa shape index (κ1) is 10.7. The van der Waals surface area contributed by atoms with E-state index < -0.39 is 0 Å². The monoisotopic (exact) mass is 196 g/mol. The molecule has 78 valence electrons. The fraction of sp³-hybridized carbons (Fsp3) is 0.556. The summed E-state index contributed by atoms with van der Waals surface area (Å²) in [5.41, 5.74) is 8.26. The number of nitrogens with two attached hydrogens (primary N) is 1. The largest absolute Gasteiger partial charge is 0.351 e. The van der Waals surface area contributed by atoms with Gasteiger partial charge in [0.1, 0.15) is 0 Å². The Morgan fingerprint density at radius 1 is 1.57 bits per heavy atom. The number of amides is 1. The zero-order valence-electron chi connectivity index (χ0n) is 8.79. The Morgan fingerprint density at radius 3 is 2.64 bits per heavy atom. The van der Waals surface area contributed by atoms with Gasteiger partial charge in [-0.05, 0) is 13.8 Å².